The highest BCUT2D eigenvalue weighted by Crippen LogP contribution is 2.32. The molecule has 6 nitrogen and oxygen atoms in total. The van der Waals surface area contributed by atoms with Crippen molar-refractivity contribution in [2.24, 2.45) is 0 Å². The molecule has 178 valence electrons. The zero-order valence-electron chi connectivity index (χ0n) is 18.5. The van der Waals surface area contributed by atoms with Crippen molar-refractivity contribution in [2.75, 3.05) is 13.7 Å². The number of hydrogen-bond donors (Lipinski definition) is 2. The van der Waals surface area contributed by atoms with Crippen molar-refractivity contribution in [1.82, 2.24) is 10.6 Å². The summed E-state index contributed by atoms with van der Waals surface area (Å²) in [6.45, 7) is 2.27. The Labute approximate surface area is 194 Å². The van der Waals surface area contributed by atoms with Gasteiger partial charge in [-0.15, -0.1) is 0 Å². The van der Waals surface area contributed by atoms with E-state index >= 15 is 0 Å². The molecular formula is C25H23F3N2O4. The molecule has 0 bridgehead atoms. The molecule has 0 unspecified atom stereocenters. The Hall–Kier alpha value is -4.01. The Morgan fingerprint density at radius 3 is 2.44 bits per heavy atom. The van der Waals surface area contributed by atoms with Crippen molar-refractivity contribution in [2.45, 2.75) is 19.5 Å². The van der Waals surface area contributed by atoms with Crippen LogP contribution in [0.4, 0.5) is 13.2 Å². The molecular weight excluding hydrogens is 449 g/mol. The minimum Gasteiger partial charge on any atom is -0.497 e. The van der Waals surface area contributed by atoms with Gasteiger partial charge in [0, 0.05) is 23.7 Å². The van der Waals surface area contributed by atoms with Gasteiger partial charge >= 0.3 is 6.18 Å². The maximum atomic E-state index is 13.0. The molecule has 0 aliphatic rings. The first-order valence-corrected chi connectivity index (χ1v) is 10.4. The van der Waals surface area contributed by atoms with Gasteiger partial charge in [0.05, 0.1) is 12.7 Å². The first-order valence-electron chi connectivity index (χ1n) is 10.4. The van der Waals surface area contributed by atoms with Crippen molar-refractivity contribution in [3.63, 3.8) is 0 Å². The van der Waals surface area contributed by atoms with Crippen LogP contribution in [-0.2, 0) is 11.0 Å². The summed E-state index contributed by atoms with van der Waals surface area (Å²) in [5.74, 6) is -0.104. The summed E-state index contributed by atoms with van der Waals surface area (Å²) in [4.78, 5) is 25.3. The van der Waals surface area contributed by atoms with Gasteiger partial charge in [-0.25, -0.2) is 0 Å². The van der Waals surface area contributed by atoms with Gasteiger partial charge < -0.3 is 19.8 Å². The monoisotopic (exact) mass is 472 g/mol. The number of ether oxygens (including phenoxy) is 1. The molecule has 3 aromatic rings. The van der Waals surface area contributed by atoms with Crippen LogP contribution in [0.25, 0.3) is 17.4 Å². The fraction of sp³-hybridized carbons (Fsp3) is 0.200. The number of halogens is 3. The third-order valence-electron chi connectivity index (χ3n) is 4.77. The number of amides is 2. The molecule has 0 spiro atoms. The Kier molecular flexibility index (Phi) is 7.78. The van der Waals surface area contributed by atoms with Crippen LogP contribution in [0.15, 0.2) is 70.8 Å². The Bertz CT molecular complexity index is 1180. The van der Waals surface area contributed by atoms with E-state index in [9.17, 15) is 22.8 Å². The summed E-state index contributed by atoms with van der Waals surface area (Å²) in [5.41, 5.74) is -0.336. The van der Waals surface area contributed by atoms with Crippen LogP contribution in [0, 0.1) is 0 Å². The first kappa shape index (κ1) is 24.6. The minimum atomic E-state index is -4.48. The minimum absolute atomic E-state index is 0.0702. The molecule has 0 radical (unpaired) electrons. The quantitative estimate of drug-likeness (QED) is 0.438. The van der Waals surface area contributed by atoms with E-state index in [0.717, 1.165) is 12.1 Å². The van der Waals surface area contributed by atoms with Gasteiger partial charge in [0.2, 0.25) is 0 Å². The number of furan rings is 1. The SMILES string of the molecule is CCCNC(=O)C(=Cc1ccc(-c2cccc(C(F)(F)F)c2)o1)NC(=O)c1ccc(OC)cc1. The van der Waals surface area contributed by atoms with Crippen molar-refractivity contribution in [3.8, 4) is 17.1 Å². The van der Waals surface area contributed by atoms with E-state index < -0.39 is 23.6 Å². The van der Waals surface area contributed by atoms with Gasteiger partial charge in [-0.3, -0.25) is 9.59 Å². The Morgan fingerprint density at radius 2 is 1.79 bits per heavy atom. The van der Waals surface area contributed by atoms with E-state index in [1.54, 1.807) is 24.3 Å². The molecule has 1 heterocycles. The molecule has 0 saturated heterocycles. The third kappa shape index (κ3) is 6.28. The molecule has 34 heavy (non-hydrogen) atoms. The highest BCUT2D eigenvalue weighted by molar-refractivity contribution is 6.05. The zero-order chi connectivity index (χ0) is 24.7. The van der Waals surface area contributed by atoms with Crippen molar-refractivity contribution in [1.29, 1.82) is 0 Å². The molecule has 0 atom stereocenters. The lowest BCUT2D eigenvalue weighted by molar-refractivity contribution is -0.137. The van der Waals surface area contributed by atoms with Crippen LogP contribution >= 0.6 is 0 Å². The van der Waals surface area contributed by atoms with Gasteiger partial charge in [-0.1, -0.05) is 19.1 Å². The number of nitrogens with one attached hydrogen (secondary N) is 2. The van der Waals surface area contributed by atoms with Crippen molar-refractivity contribution in [3.05, 3.63) is 83.2 Å². The van der Waals surface area contributed by atoms with Crippen LogP contribution in [0.5, 0.6) is 5.75 Å². The first-order chi connectivity index (χ1) is 16.2. The highest BCUT2D eigenvalue weighted by atomic mass is 19.4. The number of hydrogen-bond acceptors (Lipinski definition) is 4. The maximum Gasteiger partial charge on any atom is 0.416 e. The average molecular weight is 472 g/mol. The second kappa shape index (κ2) is 10.7. The molecule has 0 saturated carbocycles. The van der Waals surface area contributed by atoms with Crippen molar-refractivity contribution >= 4 is 17.9 Å². The second-order valence-electron chi connectivity index (χ2n) is 7.28. The average Bonchev–Trinajstić information content (AvgIpc) is 3.30. The number of benzene rings is 2. The molecule has 1 aromatic heterocycles. The molecule has 0 fully saturated rings. The molecule has 2 aromatic carbocycles. The number of rotatable bonds is 8. The molecule has 2 amide bonds. The molecule has 0 aliphatic heterocycles. The molecule has 9 heteroatoms. The lowest BCUT2D eigenvalue weighted by Crippen LogP contribution is -2.35. The second-order valence-corrected chi connectivity index (χ2v) is 7.28. The zero-order valence-corrected chi connectivity index (χ0v) is 18.5. The van der Waals surface area contributed by atoms with Gasteiger partial charge in [0.25, 0.3) is 11.8 Å². The van der Waals surface area contributed by atoms with Gasteiger partial charge in [0.1, 0.15) is 23.0 Å². The summed E-state index contributed by atoms with van der Waals surface area (Å²) < 4.78 is 49.8. The standard InChI is InChI=1S/C25H23F3N2O4/c1-3-13-29-24(32)21(30-23(31)16-7-9-19(33-2)10-8-16)15-20-11-12-22(34-20)17-5-4-6-18(14-17)25(26,27)28/h4-12,14-15H,3,13H2,1-2H3,(H,29,32)(H,30,31). The fourth-order valence-corrected chi connectivity index (χ4v) is 3.01. The van der Waals surface area contributed by atoms with E-state index in [-0.39, 0.29) is 22.8 Å². The van der Waals surface area contributed by atoms with E-state index in [1.807, 2.05) is 6.92 Å². The van der Waals surface area contributed by atoms with Crippen LogP contribution in [0.1, 0.15) is 35.0 Å². The lowest BCUT2D eigenvalue weighted by Gasteiger charge is -2.10. The Morgan fingerprint density at radius 1 is 1.06 bits per heavy atom. The summed E-state index contributed by atoms with van der Waals surface area (Å²) >= 11 is 0. The third-order valence-corrected chi connectivity index (χ3v) is 4.77. The van der Waals surface area contributed by atoms with Gasteiger partial charge in [-0.05, 0) is 55.0 Å². The van der Waals surface area contributed by atoms with E-state index in [4.69, 9.17) is 9.15 Å². The fourth-order valence-electron chi connectivity index (χ4n) is 3.01. The summed E-state index contributed by atoms with van der Waals surface area (Å²) in [7, 11) is 1.50. The van der Waals surface area contributed by atoms with Crippen LogP contribution < -0.4 is 15.4 Å². The molecule has 3 rings (SSSR count). The molecule has 2 N–H and O–H groups in total. The van der Waals surface area contributed by atoms with E-state index in [2.05, 4.69) is 10.6 Å². The lowest BCUT2D eigenvalue weighted by atomic mass is 10.1. The van der Waals surface area contributed by atoms with Crippen LogP contribution in [0.2, 0.25) is 0 Å². The smallest absolute Gasteiger partial charge is 0.416 e. The number of carbonyl (C=O) groups excluding carboxylic acids is 2. The Balaban J connectivity index is 1.87. The van der Waals surface area contributed by atoms with Crippen LogP contribution in [0.3, 0.4) is 0 Å². The number of carbonyl (C=O) groups is 2. The topological polar surface area (TPSA) is 80.6 Å². The summed E-state index contributed by atoms with van der Waals surface area (Å²) in [5, 5.41) is 5.25. The number of alkyl halides is 3. The van der Waals surface area contributed by atoms with Crippen molar-refractivity contribution < 1.29 is 31.9 Å². The normalized spacial score (nSPS) is 11.7. The largest absolute Gasteiger partial charge is 0.497 e. The predicted molar refractivity (Wildman–Crippen MR) is 121 cm³/mol. The number of methoxy groups -OCH3 is 1. The predicted octanol–water partition coefficient (Wildman–Crippen LogP) is 5.27. The van der Waals surface area contributed by atoms with E-state index in [0.29, 0.717) is 24.3 Å². The van der Waals surface area contributed by atoms with Gasteiger partial charge in [-0.2, -0.15) is 13.2 Å². The van der Waals surface area contributed by atoms with Crippen LogP contribution in [-0.4, -0.2) is 25.5 Å². The maximum absolute atomic E-state index is 13.0. The van der Waals surface area contributed by atoms with E-state index in [1.165, 1.54) is 37.5 Å². The summed E-state index contributed by atoms with van der Waals surface area (Å²) in [6.07, 6.45) is -2.48. The summed E-state index contributed by atoms with van der Waals surface area (Å²) in [6, 6.07) is 14.0. The molecule has 0 aliphatic carbocycles. The highest BCUT2D eigenvalue weighted by Gasteiger charge is 2.30. The van der Waals surface area contributed by atoms with Gasteiger partial charge in [0.15, 0.2) is 0 Å².